The molecule has 1 atom stereocenters. The van der Waals surface area contributed by atoms with Gasteiger partial charge in [-0.3, -0.25) is 9.59 Å². The zero-order valence-electron chi connectivity index (χ0n) is 12.6. The number of rotatable bonds is 6. The van der Waals surface area contributed by atoms with Crippen molar-refractivity contribution >= 4 is 41.4 Å². The third-order valence-corrected chi connectivity index (χ3v) is 3.51. The average Bonchev–Trinajstić information content (AvgIpc) is 2.85. The van der Waals surface area contributed by atoms with Crippen LogP contribution in [-0.2, 0) is 9.59 Å². The molecule has 0 fully saturated rings. The molecule has 7 heteroatoms. The number of nitrogens with zero attached hydrogens (tertiary/aromatic N) is 2. The Hall–Kier alpha value is -2.47. The zero-order chi connectivity index (χ0) is 16.7. The molecule has 0 spiro atoms. The largest absolute Gasteiger partial charge is 0.273 e. The highest BCUT2D eigenvalue weighted by Gasteiger charge is 2.26. The van der Waals surface area contributed by atoms with Crippen molar-refractivity contribution in [3.05, 3.63) is 40.9 Å². The van der Waals surface area contributed by atoms with Crippen LogP contribution in [0.3, 0.4) is 0 Å². The van der Waals surface area contributed by atoms with Gasteiger partial charge in [-0.15, -0.1) is 0 Å². The predicted octanol–water partition coefficient (Wildman–Crippen LogP) is 2.27. The number of carbonyl (C=O) groups is 2. The molecule has 2 amide bonds. The van der Waals surface area contributed by atoms with Crippen molar-refractivity contribution in [3.63, 3.8) is 0 Å². The average molecular weight is 333 g/mol. The normalized spacial score (nSPS) is 18.0. The third-order valence-electron chi connectivity index (χ3n) is 3.30. The van der Waals surface area contributed by atoms with E-state index in [0.717, 1.165) is 5.56 Å². The Morgan fingerprint density at radius 2 is 2.17 bits per heavy atom. The van der Waals surface area contributed by atoms with Gasteiger partial charge in [0.05, 0.1) is 17.2 Å². The molecular formula is C16H17ClN4O2. The summed E-state index contributed by atoms with van der Waals surface area (Å²) in [7, 11) is 0. The summed E-state index contributed by atoms with van der Waals surface area (Å²) < 4.78 is 0. The molecule has 1 aliphatic heterocycles. The van der Waals surface area contributed by atoms with Gasteiger partial charge in [0.25, 0.3) is 0 Å². The van der Waals surface area contributed by atoms with E-state index in [1.807, 2.05) is 30.3 Å². The standard InChI is InChI=1S/C16H17ClN4O2/c1-11-14(16(23)21-19-11)7-8-15(22)20-18-10-13(17)9-12-5-3-2-4-6-12/h2-6,9-10,14H,7-8H2,1H3,(H,20,22)(H,21,23)/b13-9+,18-10?/t14-/m1/s1. The van der Waals surface area contributed by atoms with Crippen molar-refractivity contribution in [2.75, 3.05) is 0 Å². The van der Waals surface area contributed by atoms with E-state index in [9.17, 15) is 9.59 Å². The Kier molecular flexibility index (Phi) is 6.05. The van der Waals surface area contributed by atoms with Gasteiger partial charge < -0.3 is 0 Å². The Morgan fingerprint density at radius 1 is 1.43 bits per heavy atom. The van der Waals surface area contributed by atoms with Gasteiger partial charge in [-0.1, -0.05) is 41.9 Å². The molecule has 0 unspecified atom stereocenters. The fourth-order valence-electron chi connectivity index (χ4n) is 2.07. The summed E-state index contributed by atoms with van der Waals surface area (Å²) in [6.07, 6.45) is 3.68. The summed E-state index contributed by atoms with van der Waals surface area (Å²) in [6, 6.07) is 9.53. The van der Waals surface area contributed by atoms with E-state index in [1.165, 1.54) is 6.21 Å². The van der Waals surface area contributed by atoms with E-state index >= 15 is 0 Å². The number of allylic oxidation sites excluding steroid dienone is 1. The number of hydrazone groups is 2. The molecule has 1 aromatic carbocycles. The van der Waals surface area contributed by atoms with Crippen LogP contribution >= 0.6 is 11.6 Å². The number of carbonyl (C=O) groups excluding carboxylic acids is 2. The molecule has 2 N–H and O–H groups in total. The molecule has 6 nitrogen and oxygen atoms in total. The molecule has 0 saturated heterocycles. The SMILES string of the molecule is CC1=NNC(=O)[C@@H]1CCC(=O)NN=C/C(Cl)=C\c1ccccc1. The van der Waals surface area contributed by atoms with Gasteiger partial charge >= 0.3 is 0 Å². The van der Waals surface area contributed by atoms with Crippen molar-refractivity contribution in [3.8, 4) is 0 Å². The molecular weight excluding hydrogens is 316 g/mol. The maximum atomic E-state index is 11.7. The summed E-state index contributed by atoms with van der Waals surface area (Å²) in [5, 5.41) is 8.03. The van der Waals surface area contributed by atoms with Crippen LogP contribution in [0.5, 0.6) is 0 Å². The van der Waals surface area contributed by atoms with Gasteiger partial charge in [0.2, 0.25) is 11.8 Å². The number of amides is 2. The molecule has 23 heavy (non-hydrogen) atoms. The number of halogens is 1. The van der Waals surface area contributed by atoms with Crippen LogP contribution < -0.4 is 10.9 Å². The lowest BCUT2D eigenvalue weighted by molar-refractivity contribution is -0.123. The Bertz CT molecular complexity index is 668. The number of hydrogen-bond donors (Lipinski definition) is 2. The first-order valence-electron chi connectivity index (χ1n) is 7.14. The summed E-state index contributed by atoms with van der Waals surface area (Å²) >= 11 is 6.01. The van der Waals surface area contributed by atoms with Gasteiger partial charge in [-0.05, 0) is 25.0 Å². The molecule has 0 bridgehead atoms. The molecule has 1 aromatic rings. The second-order valence-corrected chi connectivity index (χ2v) is 5.49. The van der Waals surface area contributed by atoms with Crippen LogP contribution in [0.1, 0.15) is 25.3 Å². The van der Waals surface area contributed by atoms with Crippen LogP contribution in [0.15, 0.2) is 45.6 Å². The van der Waals surface area contributed by atoms with Crippen molar-refractivity contribution in [1.29, 1.82) is 0 Å². The molecule has 0 radical (unpaired) electrons. The van der Waals surface area contributed by atoms with Crippen LogP contribution in [-0.4, -0.2) is 23.7 Å². The van der Waals surface area contributed by atoms with E-state index in [4.69, 9.17) is 11.6 Å². The first-order valence-corrected chi connectivity index (χ1v) is 7.52. The van der Waals surface area contributed by atoms with Crippen molar-refractivity contribution in [2.45, 2.75) is 19.8 Å². The van der Waals surface area contributed by atoms with Gasteiger partial charge in [-0.2, -0.15) is 10.2 Å². The van der Waals surface area contributed by atoms with E-state index < -0.39 is 0 Å². The maximum absolute atomic E-state index is 11.7. The van der Waals surface area contributed by atoms with Crippen molar-refractivity contribution < 1.29 is 9.59 Å². The number of benzene rings is 1. The monoisotopic (exact) mass is 332 g/mol. The molecule has 1 heterocycles. The van der Waals surface area contributed by atoms with Crippen LogP contribution in [0.2, 0.25) is 0 Å². The molecule has 2 rings (SSSR count). The molecule has 1 aliphatic rings. The van der Waals surface area contributed by atoms with Crippen LogP contribution in [0.4, 0.5) is 0 Å². The highest BCUT2D eigenvalue weighted by Crippen LogP contribution is 2.13. The van der Waals surface area contributed by atoms with E-state index in [-0.39, 0.29) is 24.2 Å². The minimum Gasteiger partial charge on any atom is -0.273 e. The van der Waals surface area contributed by atoms with Gasteiger partial charge in [0.1, 0.15) is 0 Å². The topological polar surface area (TPSA) is 82.9 Å². The third kappa shape index (κ3) is 5.34. The Morgan fingerprint density at radius 3 is 2.83 bits per heavy atom. The second kappa shape index (κ2) is 8.24. The van der Waals surface area contributed by atoms with E-state index in [1.54, 1.807) is 13.0 Å². The van der Waals surface area contributed by atoms with Crippen molar-refractivity contribution in [1.82, 2.24) is 10.9 Å². The number of hydrogen-bond acceptors (Lipinski definition) is 4. The van der Waals surface area contributed by atoms with Crippen molar-refractivity contribution in [2.24, 2.45) is 16.1 Å². The van der Waals surface area contributed by atoms with Gasteiger partial charge in [0.15, 0.2) is 0 Å². The first-order chi connectivity index (χ1) is 11.1. The predicted molar refractivity (Wildman–Crippen MR) is 90.9 cm³/mol. The second-order valence-electron chi connectivity index (χ2n) is 5.05. The van der Waals surface area contributed by atoms with Gasteiger partial charge in [-0.25, -0.2) is 10.9 Å². The van der Waals surface area contributed by atoms with Crippen LogP contribution in [0.25, 0.3) is 6.08 Å². The highest BCUT2D eigenvalue weighted by molar-refractivity contribution is 6.41. The smallest absolute Gasteiger partial charge is 0.248 e. The molecule has 0 aromatic heterocycles. The molecule has 0 aliphatic carbocycles. The fourth-order valence-corrected chi connectivity index (χ4v) is 2.25. The summed E-state index contributed by atoms with van der Waals surface area (Å²) in [4.78, 5) is 23.2. The number of nitrogens with one attached hydrogen (secondary N) is 2. The quantitative estimate of drug-likeness (QED) is 0.618. The minimum absolute atomic E-state index is 0.173. The van der Waals surface area contributed by atoms with Crippen LogP contribution in [0, 0.1) is 5.92 Å². The van der Waals surface area contributed by atoms with E-state index in [0.29, 0.717) is 17.2 Å². The summed E-state index contributed by atoms with van der Waals surface area (Å²) in [5.41, 5.74) is 6.41. The lowest BCUT2D eigenvalue weighted by Gasteiger charge is -2.06. The molecule has 120 valence electrons. The highest BCUT2D eigenvalue weighted by atomic mass is 35.5. The Balaban J connectivity index is 1.77. The first kappa shape index (κ1) is 16.9. The summed E-state index contributed by atoms with van der Waals surface area (Å²) in [6.45, 7) is 1.76. The van der Waals surface area contributed by atoms with Gasteiger partial charge in [0, 0.05) is 12.1 Å². The maximum Gasteiger partial charge on any atom is 0.248 e. The lowest BCUT2D eigenvalue weighted by atomic mass is 9.99. The van der Waals surface area contributed by atoms with E-state index in [2.05, 4.69) is 21.1 Å². The fraction of sp³-hybridized carbons (Fsp3) is 0.250. The molecule has 0 saturated carbocycles. The minimum atomic E-state index is -0.341. The Labute approximate surface area is 139 Å². The summed E-state index contributed by atoms with van der Waals surface area (Å²) in [5.74, 6) is -0.795. The zero-order valence-corrected chi connectivity index (χ0v) is 13.4. The lowest BCUT2D eigenvalue weighted by Crippen LogP contribution is -2.25.